The number of tetrazole rings is 1. The number of amides is 1. The van der Waals surface area contributed by atoms with Crippen LogP contribution < -0.4 is 9.47 Å². The van der Waals surface area contributed by atoms with Crippen LogP contribution >= 0.6 is 0 Å². The minimum atomic E-state index is -1.49. The van der Waals surface area contributed by atoms with Gasteiger partial charge in [-0.1, -0.05) is 18.2 Å². The maximum Gasteiger partial charge on any atom is 0.310 e. The normalized spacial score (nSPS) is 25.0. The van der Waals surface area contributed by atoms with Gasteiger partial charge in [-0.2, -0.15) is 4.68 Å². The summed E-state index contributed by atoms with van der Waals surface area (Å²) in [6, 6.07) is 13.8. The molecule has 0 saturated carbocycles. The minimum absolute atomic E-state index is 0.214. The summed E-state index contributed by atoms with van der Waals surface area (Å²) in [6.07, 6.45) is 1.79. The van der Waals surface area contributed by atoms with Crippen molar-refractivity contribution < 1.29 is 28.9 Å². The van der Waals surface area contributed by atoms with Crippen molar-refractivity contribution in [3.8, 4) is 17.2 Å². The molecule has 2 fully saturated rings. The number of likely N-dealkylation sites (tertiary alicyclic amines) is 1. The van der Waals surface area contributed by atoms with E-state index in [0.29, 0.717) is 28.6 Å². The first-order valence-electron chi connectivity index (χ1n) is 11.5. The van der Waals surface area contributed by atoms with Crippen molar-refractivity contribution in [3.63, 3.8) is 0 Å². The number of rotatable bonds is 7. The Labute approximate surface area is 205 Å². The molecule has 0 radical (unpaired) electrons. The number of carboxylic acid groups (broad SMARTS) is 1. The van der Waals surface area contributed by atoms with E-state index in [1.165, 1.54) is 0 Å². The highest BCUT2D eigenvalue weighted by Gasteiger charge is 2.68. The fourth-order valence-corrected chi connectivity index (χ4v) is 5.50. The summed E-state index contributed by atoms with van der Waals surface area (Å²) in [5, 5.41) is 22.3. The SMILES string of the molecule is COc1ccc(C(c2nnnn2-c2ccc(OC)cc2)N2CC3=CC4CC(C(=O)O)C3(O4)C2=O)cc1. The molecule has 11 nitrogen and oxygen atoms in total. The number of methoxy groups -OCH3 is 2. The highest BCUT2D eigenvalue weighted by molar-refractivity contribution is 5.99. The Bertz CT molecular complexity index is 1370. The Kier molecular flexibility index (Phi) is 5.04. The summed E-state index contributed by atoms with van der Waals surface area (Å²) in [7, 11) is 3.16. The van der Waals surface area contributed by atoms with Crippen LogP contribution in [0.2, 0.25) is 0 Å². The molecule has 4 heterocycles. The summed E-state index contributed by atoms with van der Waals surface area (Å²) in [5.41, 5.74) is 0.615. The second-order valence-electron chi connectivity index (χ2n) is 8.97. The second kappa shape index (κ2) is 8.16. The molecule has 3 aliphatic rings. The van der Waals surface area contributed by atoms with Crippen LogP contribution in [0.3, 0.4) is 0 Å². The zero-order chi connectivity index (χ0) is 25.0. The van der Waals surface area contributed by atoms with Gasteiger partial charge in [-0.05, 0) is 64.4 Å². The molecular formula is C25H23N5O6. The molecule has 4 unspecified atom stereocenters. The molecule has 6 rings (SSSR count). The number of fused-ring (bicyclic) bond motifs is 1. The predicted octanol–water partition coefficient (Wildman–Crippen LogP) is 1.78. The molecule has 3 aromatic rings. The summed E-state index contributed by atoms with van der Waals surface area (Å²) in [4.78, 5) is 27.7. The molecular weight excluding hydrogens is 466 g/mol. The monoisotopic (exact) mass is 489 g/mol. The summed E-state index contributed by atoms with van der Waals surface area (Å²) in [6.45, 7) is 0.214. The number of carboxylic acids is 1. The van der Waals surface area contributed by atoms with Crippen LogP contribution in [0.15, 0.2) is 60.2 Å². The fourth-order valence-electron chi connectivity index (χ4n) is 5.50. The van der Waals surface area contributed by atoms with E-state index in [9.17, 15) is 14.7 Å². The lowest BCUT2D eigenvalue weighted by Crippen LogP contribution is -2.48. The number of ether oxygens (including phenoxy) is 3. The first-order chi connectivity index (χ1) is 17.5. The number of hydrogen-bond donors (Lipinski definition) is 1. The van der Waals surface area contributed by atoms with Gasteiger partial charge in [0.15, 0.2) is 11.4 Å². The Morgan fingerprint density at radius 3 is 2.42 bits per heavy atom. The first-order valence-corrected chi connectivity index (χ1v) is 11.5. The summed E-state index contributed by atoms with van der Waals surface area (Å²) < 4.78 is 18.2. The zero-order valence-electron chi connectivity index (χ0n) is 19.6. The quantitative estimate of drug-likeness (QED) is 0.494. The van der Waals surface area contributed by atoms with E-state index >= 15 is 0 Å². The largest absolute Gasteiger partial charge is 0.497 e. The summed E-state index contributed by atoms with van der Waals surface area (Å²) >= 11 is 0. The maximum absolute atomic E-state index is 14.0. The van der Waals surface area contributed by atoms with Crippen molar-refractivity contribution in [3.05, 3.63) is 71.6 Å². The average Bonchev–Trinajstić information content (AvgIpc) is 3.67. The van der Waals surface area contributed by atoms with Gasteiger partial charge >= 0.3 is 5.97 Å². The number of nitrogens with zero attached hydrogens (tertiary/aromatic N) is 5. The highest BCUT2D eigenvalue weighted by Crippen LogP contribution is 2.54. The fraction of sp³-hybridized carbons (Fsp3) is 0.320. The van der Waals surface area contributed by atoms with E-state index in [4.69, 9.17) is 14.2 Å². The molecule has 0 aliphatic carbocycles. The van der Waals surface area contributed by atoms with Crippen molar-refractivity contribution in [1.29, 1.82) is 0 Å². The molecule has 3 aliphatic heterocycles. The van der Waals surface area contributed by atoms with Gasteiger partial charge in [0.1, 0.15) is 23.5 Å². The van der Waals surface area contributed by atoms with Crippen molar-refractivity contribution in [1.82, 2.24) is 25.1 Å². The Morgan fingerprint density at radius 2 is 1.78 bits per heavy atom. The van der Waals surface area contributed by atoms with Crippen LogP contribution in [0.25, 0.3) is 5.69 Å². The Hall–Kier alpha value is -4.25. The predicted molar refractivity (Wildman–Crippen MR) is 124 cm³/mol. The molecule has 1 N–H and O–H groups in total. The minimum Gasteiger partial charge on any atom is -0.497 e. The van der Waals surface area contributed by atoms with Crippen molar-refractivity contribution in [2.75, 3.05) is 20.8 Å². The van der Waals surface area contributed by atoms with Crippen LogP contribution in [-0.4, -0.2) is 74.6 Å². The van der Waals surface area contributed by atoms with E-state index in [1.54, 1.807) is 48.1 Å². The van der Waals surface area contributed by atoms with Gasteiger partial charge in [-0.3, -0.25) is 9.59 Å². The lowest BCUT2D eigenvalue weighted by atomic mass is 9.78. The van der Waals surface area contributed by atoms with Crippen molar-refractivity contribution in [2.24, 2.45) is 5.92 Å². The number of carbonyl (C=O) groups excluding carboxylic acids is 1. The van der Waals surface area contributed by atoms with Gasteiger partial charge < -0.3 is 24.2 Å². The van der Waals surface area contributed by atoms with Gasteiger partial charge in [-0.15, -0.1) is 5.10 Å². The van der Waals surface area contributed by atoms with Crippen molar-refractivity contribution in [2.45, 2.75) is 24.2 Å². The Balaban J connectivity index is 1.47. The first kappa shape index (κ1) is 22.2. The topological polar surface area (TPSA) is 129 Å². The highest BCUT2D eigenvalue weighted by atomic mass is 16.5. The van der Waals surface area contributed by atoms with Gasteiger partial charge in [0.05, 0.1) is 26.0 Å². The standard InChI is InChI=1S/C25H23N5O6/c1-34-17-7-3-14(4-8-17)21(22-26-27-28-30(22)16-5-9-18(35-2)10-6-16)29-13-15-11-19-12-20(23(31)32)25(15,36-19)24(29)33/h3-11,19-21H,12-13H2,1-2H3,(H,31,32). The van der Waals surface area contributed by atoms with Crippen LogP contribution in [0.5, 0.6) is 11.5 Å². The third-order valence-corrected chi connectivity index (χ3v) is 7.18. The summed E-state index contributed by atoms with van der Waals surface area (Å²) in [5.74, 6) is -0.632. The van der Waals surface area contributed by atoms with E-state index in [-0.39, 0.29) is 19.1 Å². The Morgan fingerprint density at radius 1 is 1.11 bits per heavy atom. The van der Waals surface area contributed by atoms with E-state index in [2.05, 4.69) is 15.5 Å². The average molecular weight is 489 g/mol. The number of carbonyl (C=O) groups is 2. The lowest BCUT2D eigenvalue weighted by molar-refractivity contribution is -0.157. The van der Waals surface area contributed by atoms with Gasteiger partial charge in [0.2, 0.25) is 0 Å². The van der Waals surface area contributed by atoms with Crippen LogP contribution in [-0.2, 0) is 14.3 Å². The van der Waals surface area contributed by atoms with Crippen LogP contribution in [0.4, 0.5) is 0 Å². The van der Waals surface area contributed by atoms with Gasteiger partial charge in [0.25, 0.3) is 5.91 Å². The number of aliphatic carboxylic acids is 1. The third kappa shape index (κ3) is 3.12. The number of benzene rings is 2. The number of aromatic nitrogens is 4. The van der Waals surface area contributed by atoms with E-state index in [1.807, 2.05) is 30.3 Å². The molecule has 11 heteroatoms. The molecule has 1 aromatic heterocycles. The van der Waals surface area contributed by atoms with E-state index < -0.39 is 29.4 Å². The van der Waals surface area contributed by atoms with E-state index in [0.717, 1.165) is 5.56 Å². The lowest BCUT2D eigenvalue weighted by Gasteiger charge is -2.30. The van der Waals surface area contributed by atoms with Crippen molar-refractivity contribution >= 4 is 11.9 Å². The maximum atomic E-state index is 14.0. The van der Waals surface area contributed by atoms with Crippen LogP contribution in [0, 0.1) is 5.92 Å². The van der Waals surface area contributed by atoms with Gasteiger partial charge in [0, 0.05) is 6.54 Å². The molecule has 2 aromatic carbocycles. The zero-order valence-corrected chi connectivity index (χ0v) is 19.6. The van der Waals surface area contributed by atoms with Gasteiger partial charge in [-0.25, -0.2) is 0 Å². The second-order valence-corrected chi connectivity index (χ2v) is 8.97. The molecule has 2 saturated heterocycles. The third-order valence-electron chi connectivity index (χ3n) is 7.18. The molecule has 36 heavy (non-hydrogen) atoms. The molecule has 4 atom stereocenters. The smallest absolute Gasteiger partial charge is 0.310 e. The molecule has 1 spiro atoms. The molecule has 2 bridgehead atoms. The number of hydrogen-bond acceptors (Lipinski definition) is 8. The van der Waals surface area contributed by atoms with Crippen LogP contribution in [0.1, 0.15) is 23.9 Å². The molecule has 184 valence electrons. The molecule has 1 amide bonds.